The Morgan fingerprint density at radius 2 is 2.38 bits per heavy atom. The number of allylic oxidation sites excluding steroid dienone is 1. The van der Waals surface area contributed by atoms with Crippen molar-refractivity contribution in [2.75, 3.05) is 0 Å². The van der Waals surface area contributed by atoms with E-state index in [1.807, 2.05) is 25.1 Å². The fourth-order valence-electron chi connectivity index (χ4n) is 0.956. The third kappa shape index (κ3) is 2.89. The zero-order chi connectivity index (χ0) is 9.68. The first kappa shape index (κ1) is 9.76. The van der Waals surface area contributed by atoms with E-state index in [-0.39, 0.29) is 0 Å². The van der Waals surface area contributed by atoms with Gasteiger partial charge in [-0.1, -0.05) is 29.8 Å². The fraction of sp³-hybridized carbons (Fsp3) is 0.200. The van der Waals surface area contributed by atoms with Gasteiger partial charge in [-0.05, 0) is 18.6 Å². The Bertz CT molecular complexity index is 364. The standard InChI is InChI=1S/C10H9ClN2/c1-8-9(4-2-3-7-12)5-6-10(11)13-8/h2,4-6H,3H2,1H3. The zero-order valence-electron chi connectivity index (χ0n) is 7.29. The van der Waals surface area contributed by atoms with Crippen LogP contribution in [0, 0.1) is 18.3 Å². The lowest BCUT2D eigenvalue weighted by molar-refractivity contribution is 1.19. The first-order valence-corrected chi connectivity index (χ1v) is 4.28. The van der Waals surface area contributed by atoms with Crippen molar-refractivity contribution in [1.29, 1.82) is 5.26 Å². The molecule has 0 aromatic carbocycles. The molecular formula is C10H9ClN2. The van der Waals surface area contributed by atoms with Crippen LogP contribution in [0.1, 0.15) is 17.7 Å². The molecule has 66 valence electrons. The SMILES string of the molecule is Cc1nc(Cl)ccc1C=CCC#N. The first-order chi connectivity index (χ1) is 6.24. The Morgan fingerprint density at radius 3 is 3.00 bits per heavy atom. The number of halogens is 1. The van der Waals surface area contributed by atoms with Crippen molar-refractivity contribution in [1.82, 2.24) is 4.98 Å². The van der Waals surface area contributed by atoms with Gasteiger partial charge in [0.1, 0.15) is 5.15 Å². The Balaban J connectivity index is 2.85. The molecule has 0 unspecified atom stereocenters. The van der Waals surface area contributed by atoms with Gasteiger partial charge in [0, 0.05) is 5.69 Å². The molecule has 0 N–H and O–H groups in total. The van der Waals surface area contributed by atoms with Crippen LogP contribution in [0.25, 0.3) is 6.08 Å². The summed E-state index contributed by atoms with van der Waals surface area (Å²) in [6, 6.07) is 5.66. The predicted octanol–water partition coefficient (Wildman–Crippen LogP) is 2.97. The van der Waals surface area contributed by atoms with E-state index in [1.54, 1.807) is 12.1 Å². The monoisotopic (exact) mass is 192 g/mol. The molecule has 0 saturated heterocycles. The molecule has 0 fully saturated rings. The maximum atomic E-state index is 8.32. The van der Waals surface area contributed by atoms with Gasteiger partial charge in [0.2, 0.25) is 0 Å². The van der Waals surface area contributed by atoms with Crippen molar-refractivity contribution in [2.24, 2.45) is 0 Å². The Kier molecular flexibility index (Phi) is 3.48. The number of hydrogen-bond acceptors (Lipinski definition) is 2. The Hall–Kier alpha value is -1.33. The fourth-order valence-corrected chi connectivity index (χ4v) is 1.15. The van der Waals surface area contributed by atoms with E-state index >= 15 is 0 Å². The number of hydrogen-bond donors (Lipinski definition) is 0. The third-order valence-corrected chi connectivity index (χ3v) is 1.81. The lowest BCUT2D eigenvalue weighted by atomic mass is 10.2. The molecular weight excluding hydrogens is 184 g/mol. The van der Waals surface area contributed by atoms with Crippen LogP contribution in [0.15, 0.2) is 18.2 Å². The summed E-state index contributed by atoms with van der Waals surface area (Å²) in [7, 11) is 0. The highest BCUT2D eigenvalue weighted by Gasteiger charge is 1.95. The smallest absolute Gasteiger partial charge is 0.129 e. The second kappa shape index (κ2) is 4.64. The van der Waals surface area contributed by atoms with Crippen molar-refractivity contribution in [3.05, 3.63) is 34.6 Å². The summed E-state index contributed by atoms with van der Waals surface area (Å²) in [5.41, 5.74) is 1.88. The van der Waals surface area contributed by atoms with Gasteiger partial charge in [-0.25, -0.2) is 4.98 Å². The summed E-state index contributed by atoms with van der Waals surface area (Å²) in [4.78, 5) is 4.08. The van der Waals surface area contributed by atoms with Gasteiger partial charge >= 0.3 is 0 Å². The number of aryl methyl sites for hydroxylation is 1. The van der Waals surface area contributed by atoms with Crippen LogP contribution in [0.3, 0.4) is 0 Å². The lowest BCUT2D eigenvalue weighted by Crippen LogP contribution is -1.85. The van der Waals surface area contributed by atoms with Gasteiger partial charge in [0.25, 0.3) is 0 Å². The number of rotatable bonds is 2. The van der Waals surface area contributed by atoms with E-state index in [9.17, 15) is 0 Å². The van der Waals surface area contributed by atoms with E-state index in [4.69, 9.17) is 16.9 Å². The van der Waals surface area contributed by atoms with Gasteiger partial charge in [0.05, 0.1) is 12.5 Å². The van der Waals surface area contributed by atoms with Gasteiger partial charge in [-0.2, -0.15) is 5.26 Å². The van der Waals surface area contributed by atoms with Crippen LogP contribution in [0.2, 0.25) is 5.15 Å². The highest BCUT2D eigenvalue weighted by molar-refractivity contribution is 6.29. The molecule has 1 aromatic heterocycles. The Labute approximate surface area is 82.5 Å². The number of aromatic nitrogens is 1. The highest BCUT2D eigenvalue weighted by Crippen LogP contribution is 2.12. The van der Waals surface area contributed by atoms with Crippen molar-refractivity contribution >= 4 is 17.7 Å². The van der Waals surface area contributed by atoms with Crippen LogP contribution < -0.4 is 0 Å². The lowest BCUT2D eigenvalue weighted by Gasteiger charge is -1.98. The second-order valence-electron chi connectivity index (χ2n) is 2.57. The zero-order valence-corrected chi connectivity index (χ0v) is 8.04. The maximum Gasteiger partial charge on any atom is 0.129 e. The molecule has 2 nitrogen and oxygen atoms in total. The van der Waals surface area contributed by atoms with E-state index in [0.29, 0.717) is 11.6 Å². The average Bonchev–Trinajstić information content (AvgIpc) is 2.09. The largest absolute Gasteiger partial charge is 0.241 e. The molecule has 3 heteroatoms. The molecule has 13 heavy (non-hydrogen) atoms. The molecule has 0 atom stereocenters. The molecule has 0 amide bonds. The van der Waals surface area contributed by atoms with Crippen molar-refractivity contribution in [3.8, 4) is 6.07 Å². The minimum absolute atomic E-state index is 0.419. The molecule has 0 bridgehead atoms. The summed E-state index contributed by atoms with van der Waals surface area (Å²) >= 11 is 5.69. The van der Waals surface area contributed by atoms with Crippen LogP contribution >= 0.6 is 11.6 Å². The molecule has 0 aliphatic rings. The van der Waals surface area contributed by atoms with Crippen molar-refractivity contribution in [3.63, 3.8) is 0 Å². The van der Waals surface area contributed by atoms with Crippen LogP contribution in [0.5, 0.6) is 0 Å². The minimum Gasteiger partial charge on any atom is -0.241 e. The van der Waals surface area contributed by atoms with E-state index in [1.165, 1.54) is 0 Å². The Morgan fingerprint density at radius 1 is 1.62 bits per heavy atom. The van der Waals surface area contributed by atoms with E-state index in [0.717, 1.165) is 11.3 Å². The van der Waals surface area contributed by atoms with Gasteiger partial charge in [-0.15, -0.1) is 0 Å². The van der Waals surface area contributed by atoms with Gasteiger partial charge in [0.15, 0.2) is 0 Å². The number of pyridine rings is 1. The summed E-state index contributed by atoms with van der Waals surface area (Å²) < 4.78 is 0. The van der Waals surface area contributed by atoms with Crippen molar-refractivity contribution in [2.45, 2.75) is 13.3 Å². The van der Waals surface area contributed by atoms with Crippen LogP contribution in [-0.4, -0.2) is 4.98 Å². The molecule has 0 saturated carbocycles. The van der Waals surface area contributed by atoms with Crippen molar-refractivity contribution < 1.29 is 0 Å². The molecule has 1 rings (SSSR count). The minimum atomic E-state index is 0.419. The molecule has 0 spiro atoms. The number of nitriles is 1. The van der Waals surface area contributed by atoms with Crippen LogP contribution in [-0.2, 0) is 0 Å². The van der Waals surface area contributed by atoms with E-state index in [2.05, 4.69) is 4.98 Å². The van der Waals surface area contributed by atoms with Gasteiger partial charge in [-0.3, -0.25) is 0 Å². The predicted molar refractivity (Wildman–Crippen MR) is 53.2 cm³/mol. The van der Waals surface area contributed by atoms with Crippen LogP contribution in [0.4, 0.5) is 0 Å². The first-order valence-electron chi connectivity index (χ1n) is 3.90. The molecule has 0 aliphatic carbocycles. The maximum absolute atomic E-state index is 8.32. The quantitative estimate of drug-likeness (QED) is 0.676. The number of nitrogens with zero attached hydrogens (tertiary/aromatic N) is 2. The highest BCUT2D eigenvalue weighted by atomic mass is 35.5. The molecule has 0 aliphatic heterocycles. The summed E-state index contributed by atoms with van der Waals surface area (Å²) in [6.07, 6.45) is 4.10. The third-order valence-electron chi connectivity index (χ3n) is 1.60. The molecule has 0 radical (unpaired) electrons. The molecule has 1 heterocycles. The van der Waals surface area contributed by atoms with E-state index < -0.39 is 0 Å². The summed E-state index contributed by atoms with van der Waals surface area (Å²) in [5.74, 6) is 0. The average molecular weight is 193 g/mol. The summed E-state index contributed by atoms with van der Waals surface area (Å²) in [5, 5.41) is 8.82. The normalized spacial score (nSPS) is 10.2. The molecule has 1 aromatic rings. The van der Waals surface area contributed by atoms with Gasteiger partial charge < -0.3 is 0 Å². The topological polar surface area (TPSA) is 36.7 Å². The summed E-state index contributed by atoms with van der Waals surface area (Å²) in [6.45, 7) is 1.89. The second-order valence-corrected chi connectivity index (χ2v) is 2.96.